The van der Waals surface area contributed by atoms with Crippen molar-refractivity contribution in [1.82, 2.24) is 10.2 Å². The average Bonchev–Trinajstić information content (AvgIpc) is 3.16. The van der Waals surface area contributed by atoms with E-state index in [0.717, 1.165) is 23.6 Å². The number of para-hydroxylation sites is 1. The maximum atomic E-state index is 12.7. The fraction of sp³-hybridized carbons (Fsp3) is 0.565. The molecule has 4 bridgehead atoms. The van der Waals surface area contributed by atoms with Crippen molar-refractivity contribution in [3.05, 3.63) is 35.7 Å². The molecule has 0 spiro atoms. The van der Waals surface area contributed by atoms with Crippen LogP contribution in [0.3, 0.4) is 0 Å². The molecule has 30 heavy (non-hydrogen) atoms. The Morgan fingerprint density at radius 3 is 2.37 bits per heavy atom. The SMILES string of the molecule is CC(=O)c1ccccc1NC(=O)[C@@H](C)Sc1nnc(C23CC4CC(CC(C4)C2)C3)o1. The van der Waals surface area contributed by atoms with Crippen LogP contribution in [0.1, 0.15) is 68.6 Å². The molecule has 158 valence electrons. The number of ketones is 1. The van der Waals surface area contributed by atoms with Crippen LogP contribution in [0.5, 0.6) is 0 Å². The highest BCUT2D eigenvalue weighted by Crippen LogP contribution is 2.60. The van der Waals surface area contributed by atoms with E-state index in [-0.39, 0.29) is 17.1 Å². The molecule has 4 fully saturated rings. The predicted octanol–water partition coefficient (Wildman–Crippen LogP) is 4.86. The standard InChI is InChI=1S/C23H27N3O3S/c1-13(27)18-5-3-4-6-19(18)24-20(28)14(2)30-22-26-25-21(29-22)23-10-15-7-16(11-23)9-17(8-15)12-23/h3-6,14-17H,7-12H2,1-2H3,(H,24,28)/t14-,15?,16?,17?,23?/m1/s1. The van der Waals surface area contributed by atoms with E-state index in [4.69, 9.17) is 4.42 Å². The zero-order valence-electron chi connectivity index (χ0n) is 17.4. The smallest absolute Gasteiger partial charge is 0.277 e. The third-order valence-corrected chi connectivity index (χ3v) is 8.04. The second-order valence-corrected chi connectivity index (χ2v) is 10.7. The molecular weight excluding hydrogens is 398 g/mol. The van der Waals surface area contributed by atoms with E-state index in [1.165, 1.54) is 57.2 Å². The molecule has 6 rings (SSSR count). The van der Waals surface area contributed by atoms with Crippen molar-refractivity contribution in [2.24, 2.45) is 17.8 Å². The molecule has 7 heteroatoms. The maximum absolute atomic E-state index is 12.7. The number of carbonyl (C=O) groups is 2. The number of Topliss-reactive ketones (excluding diaryl/α,β-unsaturated/α-hetero) is 1. The fourth-order valence-corrected chi connectivity index (χ4v) is 6.87. The van der Waals surface area contributed by atoms with E-state index < -0.39 is 5.25 Å². The minimum Gasteiger partial charge on any atom is -0.415 e. The number of amides is 1. The molecule has 1 aromatic carbocycles. The first-order chi connectivity index (χ1) is 14.4. The van der Waals surface area contributed by atoms with Crippen LogP contribution in [0.25, 0.3) is 0 Å². The summed E-state index contributed by atoms with van der Waals surface area (Å²) in [7, 11) is 0. The Hall–Kier alpha value is -2.15. The van der Waals surface area contributed by atoms with Crippen LogP contribution in [0.15, 0.2) is 33.9 Å². The quantitative estimate of drug-likeness (QED) is 0.525. The highest BCUT2D eigenvalue weighted by atomic mass is 32.2. The van der Waals surface area contributed by atoms with Gasteiger partial charge in [-0.2, -0.15) is 0 Å². The van der Waals surface area contributed by atoms with Crippen molar-refractivity contribution >= 4 is 29.1 Å². The second kappa shape index (κ2) is 7.52. The Morgan fingerprint density at radius 2 is 1.73 bits per heavy atom. The van der Waals surface area contributed by atoms with Gasteiger partial charge >= 0.3 is 0 Å². The lowest BCUT2D eigenvalue weighted by Gasteiger charge is -2.55. The first kappa shape index (κ1) is 19.8. The summed E-state index contributed by atoms with van der Waals surface area (Å²) < 4.78 is 6.11. The molecule has 0 radical (unpaired) electrons. The summed E-state index contributed by atoms with van der Waals surface area (Å²) in [5, 5.41) is 11.6. The van der Waals surface area contributed by atoms with Gasteiger partial charge < -0.3 is 9.73 Å². The number of thioether (sulfide) groups is 1. The summed E-state index contributed by atoms with van der Waals surface area (Å²) >= 11 is 1.27. The number of hydrogen-bond donors (Lipinski definition) is 1. The minimum absolute atomic E-state index is 0.0620. The van der Waals surface area contributed by atoms with Crippen LogP contribution in [0, 0.1) is 17.8 Å². The molecule has 4 saturated carbocycles. The Kier molecular flexibility index (Phi) is 4.96. The molecule has 1 N–H and O–H groups in total. The van der Waals surface area contributed by atoms with Crippen LogP contribution < -0.4 is 5.32 Å². The zero-order chi connectivity index (χ0) is 20.9. The molecule has 1 atom stereocenters. The summed E-state index contributed by atoms with van der Waals surface area (Å²) in [6.07, 6.45) is 7.62. The highest BCUT2D eigenvalue weighted by molar-refractivity contribution is 8.00. The molecule has 4 aliphatic carbocycles. The number of benzene rings is 1. The van der Waals surface area contributed by atoms with E-state index in [9.17, 15) is 9.59 Å². The van der Waals surface area contributed by atoms with Crippen LogP contribution in [0.2, 0.25) is 0 Å². The number of carbonyl (C=O) groups excluding carboxylic acids is 2. The molecule has 1 amide bonds. The maximum Gasteiger partial charge on any atom is 0.277 e. The summed E-state index contributed by atoms with van der Waals surface area (Å²) in [5.41, 5.74) is 1.10. The molecule has 6 nitrogen and oxygen atoms in total. The average molecular weight is 426 g/mol. The number of rotatable bonds is 6. The second-order valence-electron chi connectivity index (χ2n) is 9.42. The van der Waals surface area contributed by atoms with Gasteiger partial charge in [0.25, 0.3) is 5.22 Å². The highest BCUT2D eigenvalue weighted by Gasteiger charge is 2.54. The van der Waals surface area contributed by atoms with Gasteiger partial charge in [-0.15, -0.1) is 10.2 Å². The third kappa shape index (κ3) is 3.57. The molecule has 1 aromatic heterocycles. The zero-order valence-corrected chi connectivity index (χ0v) is 18.2. The summed E-state index contributed by atoms with van der Waals surface area (Å²) in [5.74, 6) is 2.94. The van der Waals surface area contributed by atoms with Crippen molar-refractivity contribution < 1.29 is 14.0 Å². The van der Waals surface area contributed by atoms with Gasteiger partial charge in [0.05, 0.1) is 10.9 Å². The lowest BCUT2D eigenvalue weighted by Crippen LogP contribution is -2.48. The van der Waals surface area contributed by atoms with Gasteiger partial charge in [-0.25, -0.2) is 0 Å². The molecule has 4 aliphatic rings. The summed E-state index contributed by atoms with van der Waals surface area (Å²) in [6.45, 7) is 3.30. The molecular formula is C23H27N3O3S. The number of anilines is 1. The molecule has 0 saturated heterocycles. The van der Waals surface area contributed by atoms with Gasteiger partial charge in [-0.05, 0) is 82.3 Å². The predicted molar refractivity (Wildman–Crippen MR) is 115 cm³/mol. The lowest BCUT2D eigenvalue weighted by atomic mass is 9.49. The van der Waals surface area contributed by atoms with Crippen molar-refractivity contribution in [2.45, 2.75) is 68.3 Å². The minimum atomic E-state index is -0.422. The third-order valence-electron chi connectivity index (χ3n) is 7.11. The topological polar surface area (TPSA) is 85.1 Å². The Bertz CT molecular complexity index is 950. The number of nitrogens with one attached hydrogen (secondary N) is 1. The van der Waals surface area contributed by atoms with E-state index >= 15 is 0 Å². The van der Waals surface area contributed by atoms with E-state index in [0.29, 0.717) is 16.5 Å². The molecule has 0 unspecified atom stereocenters. The van der Waals surface area contributed by atoms with Gasteiger partial charge in [0.2, 0.25) is 11.8 Å². The number of nitrogens with zero attached hydrogens (tertiary/aromatic N) is 2. The Labute approximate surface area is 180 Å². The first-order valence-electron chi connectivity index (χ1n) is 10.8. The van der Waals surface area contributed by atoms with E-state index in [1.54, 1.807) is 24.3 Å². The lowest BCUT2D eigenvalue weighted by molar-refractivity contribution is -0.115. The summed E-state index contributed by atoms with van der Waals surface area (Å²) in [6, 6.07) is 7.04. The van der Waals surface area contributed by atoms with Crippen molar-refractivity contribution in [3.63, 3.8) is 0 Å². The molecule has 2 aromatic rings. The largest absolute Gasteiger partial charge is 0.415 e. The first-order valence-corrected chi connectivity index (χ1v) is 11.7. The van der Waals surface area contributed by atoms with Gasteiger partial charge in [0.15, 0.2) is 5.78 Å². The van der Waals surface area contributed by atoms with Gasteiger partial charge in [-0.1, -0.05) is 23.9 Å². The summed E-state index contributed by atoms with van der Waals surface area (Å²) in [4.78, 5) is 24.5. The van der Waals surface area contributed by atoms with E-state index in [2.05, 4.69) is 15.5 Å². The molecule has 1 heterocycles. The van der Waals surface area contributed by atoms with Crippen LogP contribution in [0.4, 0.5) is 5.69 Å². The van der Waals surface area contributed by atoms with Gasteiger partial charge in [0, 0.05) is 11.0 Å². The monoisotopic (exact) mass is 425 g/mol. The van der Waals surface area contributed by atoms with Crippen LogP contribution >= 0.6 is 11.8 Å². The van der Waals surface area contributed by atoms with Crippen LogP contribution in [-0.4, -0.2) is 27.1 Å². The Morgan fingerprint density at radius 1 is 1.10 bits per heavy atom. The molecule has 0 aliphatic heterocycles. The van der Waals surface area contributed by atoms with Crippen molar-refractivity contribution in [1.29, 1.82) is 0 Å². The van der Waals surface area contributed by atoms with Crippen molar-refractivity contribution in [3.8, 4) is 0 Å². The number of hydrogen-bond acceptors (Lipinski definition) is 6. The number of aromatic nitrogens is 2. The Balaban J connectivity index is 1.27. The van der Waals surface area contributed by atoms with E-state index in [1.807, 2.05) is 6.92 Å². The van der Waals surface area contributed by atoms with Gasteiger partial charge in [0.1, 0.15) is 0 Å². The van der Waals surface area contributed by atoms with Gasteiger partial charge in [-0.3, -0.25) is 9.59 Å². The van der Waals surface area contributed by atoms with Crippen molar-refractivity contribution in [2.75, 3.05) is 5.32 Å². The van der Waals surface area contributed by atoms with Crippen LogP contribution in [-0.2, 0) is 10.2 Å². The normalized spacial score (nSPS) is 30.3. The fourth-order valence-electron chi connectivity index (χ4n) is 6.18.